The van der Waals surface area contributed by atoms with Crippen molar-refractivity contribution in [2.75, 3.05) is 19.0 Å². The van der Waals surface area contributed by atoms with E-state index in [0.717, 1.165) is 24.2 Å². The summed E-state index contributed by atoms with van der Waals surface area (Å²) in [5.74, 6) is 1.21. The molecule has 5 N–H and O–H groups in total. The molecule has 0 aliphatic heterocycles. The topological polar surface area (TPSA) is 109 Å². The number of imidazole rings is 1. The summed E-state index contributed by atoms with van der Waals surface area (Å²) >= 11 is 0. The lowest BCUT2D eigenvalue weighted by Gasteiger charge is -2.21. The van der Waals surface area contributed by atoms with Crippen molar-refractivity contribution in [3.05, 3.63) is 71.1 Å². The number of aromatic nitrogens is 2. The van der Waals surface area contributed by atoms with Crippen LogP contribution in [0.1, 0.15) is 67.2 Å². The van der Waals surface area contributed by atoms with Crippen LogP contribution in [-0.2, 0) is 0 Å². The number of hydrogen-bond donors (Lipinski definition) is 4. The van der Waals surface area contributed by atoms with Crippen molar-refractivity contribution < 1.29 is 13.9 Å². The fourth-order valence-electron chi connectivity index (χ4n) is 4.35. The van der Waals surface area contributed by atoms with E-state index in [2.05, 4.69) is 15.3 Å². The summed E-state index contributed by atoms with van der Waals surface area (Å²) in [7, 11) is 1.44. The first-order chi connectivity index (χ1) is 16.0. The van der Waals surface area contributed by atoms with Crippen molar-refractivity contribution in [3.63, 3.8) is 0 Å². The number of hydrogen-bond acceptors (Lipinski definition) is 5. The maximum Gasteiger partial charge on any atom is 0.171 e. The minimum atomic E-state index is -0.613. The fraction of sp³-hybridized carbons (Fsp3) is 0.360. The van der Waals surface area contributed by atoms with Crippen LogP contribution in [0.2, 0.25) is 0 Å². The lowest BCUT2D eigenvalue weighted by atomic mass is 10.0. The molecule has 7 nitrogen and oxygen atoms in total. The molecule has 1 unspecified atom stereocenters. The van der Waals surface area contributed by atoms with Crippen LogP contribution in [0.15, 0.2) is 42.6 Å². The number of nitrogens with two attached hydrogens (primary N) is 1. The summed E-state index contributed by atoms with van der Waals surface area (Å²) in [5, 5.41) is 11.0. The molecule has 4 rings (SSSR count). The molecular formula is C25H30FN5O2. The Balaban J connectivity index is 1.76. The zero-order valence-electron chi connectivity index (χ0n) is 19.0. The van der Waals surface area contributed by atoms with Crippen molar-refractivity contribution in [3.8, 4) is 11.5 Å². The number of anilines is 1. The monoisotopic (exact) mass is 451 g/mol. The van der Waals surface area contributed by atoms with E-state index in [1.807, 2.05) is 25.3 Å². The van der Waals surface area contributed by atoms with Crippen LogP contribution in [0.4, 0.5) is 10.1 Å². The predicted molar refractivity (Wildman–Crippen MR) is 127 cm³/mol. The number of methoxy groups -OCH3 is 1. The molecule has 2 aromatic carbocycles. The van der Waals surface area contributed by atoms with Gasteiger partial charge in [-0.1, -0.05) is 12.8 Å². The van der Waals surface area contributed by atoms with Gasteiger partial charge in [-0.2, -0.15) is 0 Å². The Morgan fingerprint density at radius 2 is 2.00 bits per heavy atom. The maximum absolute atomic E-state index is 15.5. The summed E-state index contributed by atoms with van der Waals surface area (Å²) < 4.78 is 26.5. The Morgan fingerprint density at radius 1 is 1.27 bits per heavy atom. The van der Waals surface area contributed by atoms with Gasteiger partial charge in [0.2, 0.25) is 0 Å². The highest BCUT2D eigenvalue weighted by atomic mass is 19.1. The van der Waals surface area contributed by atoms with Crippen LogP contribution in [0.3, 0.4) is 0 Å². The van der Waals surface area contributed by atoms with Gasteiger partial charge in [0.05, 0.1) is 13.7 Å². The van der Waals surface area contributed by atoms with Gasteiger partial charge in [-0.3, -0.25) is 5.41 Å². The molecule has 1 fully saturated rings. The van der Waals surface area contributed by atoms with Gasteiger partial charge in [0.25, 0.3) is 0 Å². The number of amidine groups is 1. The first kappa shape index (κ1) is 22.6. The largest absolute Gasteiger partial charge is 0.494 e. The highest BCUT2D eigenvalue weighted by molar-refractivity contribution is 5.95. The molecule has 1 saturated carbocycles. The molecule has 3 aromatic rings. The highest BCUT2D eigenvalue weighted by Gasteiger charge is 2.27. The minimum Gasteiger partial charge on any atom is -0.494 e. The molecule has 0 radical (unpaired) electrons. The third kappa shape index (κ3) is 4.94. The quantitative estimate of drug-likeness (QED) is 0.267. The molecular weight excluding hydrogens is 421 g/mol. The number of ether oxygens (including phenoxy) is 2. The van der Waals surface area contributed by atoms with E-state index in [1.165, 1.54) is 20.0 Å². The maximum atomic E-state index is 15.5. The first-order valence-corrected chi connectivity index (χ1v) is 11.3. The van der Waals surface area contributed by atoms with Crippen LogP contribution in [0.5, 0.6) is 11.5 Å². The number of nitrogens with one attached hydrogen (secondary N) is 3. The molecule has 1 atom stereocenters. The lowest BCUT2D eigenvalue weighted by molar-refractivity contribution is 0.331. The van der Waals surface area contributed by atoms with E-state index in [9.17, 15) is 0 Å². The number of nitrogens with zero attached hydrogens (tertiary/aromatic N) is 1. The summed E-state index contributed by atoms with van der Waals surface area (Å²) in [6.45, 7) is 2.33. The van der Waals surface area contributed by atoms with Crippen molar-refractivity contribution in [2.45, 2.75) is 44.6 Å². The fourth-order valence-corrected chi connectivity index (χ4v) is 4.35. The van der Waals surface area contributed by atoms with Gasteiger partial charge < -0.3 is 25.5 Å². The summed E-state index contributed by atoms with van der Waals surface area (Å²) in [6, 6.07) is 9.74. The summed E-state index contributed by atoms with van der Waals surface area (Å²) in [4.78, 5) is 8.07. The van der Waals surface area contributed by atoms with Crippen molar-refractivity contribution >= 4 is 11.5 Å². The van der Waals surface area contributed by atoms with Crippen LogP contribution in [0, 0.1) is 11.2 Å². The zero-order valence-corrected chi connectivity index (χ0v) is 19.0. The van der Waals surface area contributed by atoms with E-state index < -0.39 is 11.9 Å². The molecule has 0 saturated heterocycles. The Morgan fingerprint density at radius 3 is 2.64 bits per heavy atom. The lowest BCUT2D eigenvalue weighted by Crippen LogP contribution is -2.17. The van der Waals surface area contributed by atoms with Crippen LogP contribution >= 0.6 is 0 Å². The molecule has 1 heterocycles. The molecule has 1 aliphatic carbocycles. The third-order valence-electron chi connectivity index (χ3n) is 6.07. The molecule has 0 amide bonds. The van der Waals surface area contributed by atoms with Crippen molar-refractivity contribution in [2.24, 2.45) is 5.73 Å². The molecule has 1 aliphatic rings. The van der Waals surface area contributed by atoms with Gasteiger partial charge in [0.15, 0.2) is 11.6 Å². The molecule has 1 aromatic heterocycles. The van der Waals surface area contributed by atoms with E-state index in [0.29, 0.717) is 35.2 Å². The van der Waals surface area contributed by atoms with E-state index in [-0.39, 0.29) is 11.6 Å². The standard InChI is InChI=1S/C25H30FN5O2/c1-3-33-18-12-19(22(26)21(13-18)32-2)23(30-17-10-8-16(9-11-17)24(27)28)25-29-14-20(31-25)15-6-4-5-7-15/h8-15,23,30H,3-7H2,1-2H3,(H3,27,28)(H,29,31). The van der Waals surface area contributed by atoms with Gasteiger partial charge in [0.1, 0.15) is 23.5 Å². The smallest absolute Gasteiger partial charge is 0.171 e. The first-order valence-electron chi connectivity index (χ1n) is 11.3. The van der Waals surface area contributed by atoms with Crippen LogP contribution < -0.4 is 20.5 Å². The number of aromatic amines is 1. The zero-order chi connectivity index (χ0) is 23.4. The Bertz CT molecular complexity index is 1110. The van der Waals surface area contributed by atoms with Gasteiger partial charge in [0, 0.05) is 40.7 Å². The Labute approximate surface area is 193 Å². The normalized spacial score (nSPS) is 14.8. The van der Waals surface area contributed by atoms with E-state index in [1.54, 1.807) is 24.3 Å². The van der Waals surface area contributed by atoms with Crippen molar-refractivity contribution in [1.82, 2.24) is 9.97 Å². The minimum absolute atomic E-state index is 0.00876. The summed E-state index contributed by atoms with van der Waals surface area (Å²) in [5.41, 5.74) is 8.37. The third-order valence-corrected chi connectivity index (χ3v) is 6.07. The van der Waals surface area contributed by atoms with Gasteiger partial charge in [-0.25, -0.2) is 9.37 Å². The van der Waals surface area contributed by atoms with Crippen LogP contribution in [-0.4, -0.2) is 29.5 Å². The number of H-pyrrole nitrogens is 1. The van der Waals surface area contributed by atoms with Crippen LogP contribution in [0.25, 0.3) is 0 Å². The molecule has 174 valence electrons. The SMILES string of the molecule is CCOc1cc(OC)c(F)c(C(Nc2ccc(C(=N)N)cc2)c2ncc(C3CCCC3)[nH]2)c1. The van der Waals surface area contributed by atoms with Gasteiger partial charge in [-0.05, 0) is 50.1 Å². The van der Waals surface area contributed by atoms with E-state index >= 15 is 4.39 Å². The number of halogens is 1. The van der Waals surface area contributed by atoms with Gasteiger partial charge in [-0.15, -0.1) is 0 Å². The molecule has 8 heteroatoms. The average Bonchev–Trinajstić information content (AvgIpc) is 3.51. The Kier molecular flexibility index (Phi) is 6.82. The number of rotatable bonds is 9. The predicted octanol–water partition coefficient (Wildman–Crippen LogP) is 5.10. The average molecular weight is 452 g/mol. The Hall–Kier alpha value is -3.55. The second kappa shape index (κ2) is 9.94. The number of benzene rings is 2. The second-order valence-electron chi connectivity index (χ2n) is 8.24. The molecule has 0 bridgehead atoms. The van der Waals surface area contributed by atoms with Crippen molar-refractivity contribution in [1.29, 1.82) is 5.41 Å². The highest BCUT2D eigenvalue weighted by Crippen LogP contribution is 2.37. The second-order valence-corrected chi connectivity index (χ2v) is 8.24. The van der Waals surface area contributed by atoms with E-state index in [4.69, 9.17) is 20.6 Å². The molecule has 33 heavy (non-hydrogen) atoms. The molecule has 0 spiro atoms. The van der Waals surface area contributed by atoms with Gasteiger partial charge >= 0.3 is 0 Å². The summed E-state index contributed by atoms with van der Waals surface area (Å²) in [6.07, 6.45) is 6.56. The number of nitrogen functional groups attached to an aromatic ring is 1.